The predicted octanol–water partition coefficient (Wildman–Crippen LogP) is 2.76. The fraction of sp³-hybridized carbons (Fsp3) is 0.667. The number of hydrogen-bond acceptors (Lipinski definition) is 8. The quantitative estimate of drug-likeness (QED) is 0.599. The van der Waals surface area contributed by atoms with Gasteiger partial charge in [0.2, 0.25) is 5.96 Å². The molecule has 0 radical (unpaired) electrons. The number of guanidine groups is 1. The maximum atomic E-state index is 13.5. The molecule has 0 aromatic carbocycles. The molecule has 1 unspecified atom stereocenters. The van der Waals surface area contributed by atoms with Crippen molar-refractivity contribution in [2.45, 2.75) is 69.4 Å². The molecule has 180 valence electrons. The summed E-state index contributed by atoms with van der Waals surface area (Å²) in [6.45, 7) is 4.38. The largest absolute Gasteiger partial charge is 0.417 e. The normalized spacial score (nSPS) is 30.1. The first-order valence-electron chi connectivity index (χ1n) is 11.5. The summed E-state index contributed by atoms with van der Waals surface area (Å²) in [5.41, 5.74) is -0.418. The minimum absolute atomic E-state index is 0.271. The number of halogens is 3. The van der Waals surface area contributed by atoms with Crippen molar-refractivity contribution in [2.24, 2.45) is 10.1 Å². The van der Waals surface area contributed by atoms with Crippen LogP contribution in [0, 0.1) is 0 Å². The summed E-state index contributed by atoms with van der Waals surface area (Å²) < 4.78 is 42.7. The monoisotopic (exact) mass is 465 g/mol. The van der Waals surface area contributed by atoms with Gasteiger partial charge >= 0.3 is 6.18 Å². The molecule has 3 heterocycles. The average Bonchev–Trinajstić information content (AvgIpc) is 3.33. The van der Waals surface area contributed by atoms with Gasteiger partial charge in [-0.05, 0) is 39.2 Å². The van der Waals surface area contributed by atoms with Crippen LogP contribution >= 0.6 is 0 Å². The van der Waals surface area contributed by atoms with Crippen LogP contribution in [0.25, 0.3) is 0 Å². The molecule has 9 nitrogen and oxygen atoms in total. The van der Waals surface area contributed by atoms with Crippen LogP contribution < -0.4 is 16.0 Å². The van der Waals surface area contributed by atoms with E-state index in [4.69, 9.17) is 0 Å². The van der Waals surface area contributed by atoms with E-state index in [-0.39, 0.29) is 12.0 Å². The smallest absolute Gasteiger partial charge is 0.332 e. The number of alkyl halides is 3. The molecular formula is C21H30F3N9. The average molecular weight is 466 g/mol. The Bertz CT molecular complexity index is 988. The third-order valence-corrected chi connectivity index (χ3v) is 6.75. The van der Waals surface area contributed by atoms with Gasteiger partial charge in [-0.1, -0.05) is 6.92 Å². The van der Waals surface area contributed by atoms with E-state index in [0.29, 0.717) is 18.5 Å². The second-order valence-electron chi connectivity index (χ2n) is 9.29. The van der Waals surface area contributed by atoms with Gasteiger partial charge < -0.3 is 10.6 Å². The van der Waals surface area contributed by atoms with Gasteiger partial charge in [0, 0.05) is 25.4 Å². The molecule has 2 saturated carbocycles. The zero-order chi connectivity index (χ0) is 23.4. The highest BCUT2D eigenvalue weighted by Gasteiger charge is 2.47. The number of hydrogen-bond donors (Lipinski definition) is 3. The van der Waals surface area contributed by atoms with Crippen molar-refractivity contribution in [1.29, 1.82) is 0 Å². The van der Waals surface area contributed by atoms with Crippen molar-refractivity contribution in [1.82, 2.24) is 30.5 Å². The fourth-order valence-electron chi connectivity index (χ4n) is 4.88. The molecule has 3 N–H and O–H groups in total. The topological polar surface area (TPSA) is 85.1 Å². The van der Waals surface area contributed by atoms with Gasteiger partial charge in [0.1, 0.15) is 5.66 Å². The van der Waals surface area contributed by atoms with E-state index >= 15 is 0 Å². The molecule has 0 amide bonds. The molecule has 1 atom stereocenters. The SMILES string of the molecule is CCNC1(C)N=C(Nc2cnn(C3CC(N4N=CCN4C)C3)c2C2CC2)NC=C1C(F)(F)F. The lowest BCUT2D eigenvalue weighted by molar-refractivity contribution is -0.102. The number of rotatable bonds is 6. The van der Waals surface area contributed by atoms with Gasteiger partial charge in [-0.25, -0.2) is 15.1 Å². The number of aliphatic imine (C=N–C) groups is 1. The molecule has 12 heteroatoms. The third kappa shape index (κ3) is 4.10. The van der Waals surface area contributed by atoms with Gasteiger partial charge in [0.05, 0.1) is 41.8 Å². The first-order valence-corrected chi connectivity index (χ1v) is 11.5. The molecule has 0 saturated heterocycles. The van der Waals surface area contributed by atoms with Crippen LogP contribution in [0.4, 0.5) is 18.9 Å². The lowest BCUT2D eigenvalue weighted by Gasteiger charge is -2.42. The first-order chi connectivity index (χ1) is 15.7. The van der Waals surface area contributed by atoms with E-state index in [1.807, 2.05) is 18.4 Å². The van der Waals surface area contributed by atoms with Gasteiger partial charge in [-0.3, -0.25) is 10.00 Å². The summed E-state index contributed by atoms with van der Waals surface area (Å²) in [5, 5.41) is 22.0. The van der Waals surface area contributed by atoms with Crippen LogP contribution in [0.2, 0.25) is 0 Å². The van der Waals surface area contributed by atoms with E-state index in [0.717, 1.165) is 49.8 Å². The zero-order valence-corrected chi connectivity index (χ0v) is 19.0. The van der Waals surface area contributed by atoms with Crippen molar-refractivity contribution < 1.29 is 13.2 Å². The molecule has 4 aliphatic rings. The summed E-state index contributed by atoms with van der Waals surface area (Å²) in [4.78, 5) is 4.36. The molecule has 1 aromatic heterocycles. The van der Waals surface area contributed by atoms with E-state index in [9.17, 15) is 13.2 Å². The molecule has 5 rings (SSSR count). The van der Waals surface area contributed by atoms with Crippen molar-refractivity contribution in [3.8, 4) is 0 Å². The maximum Gasteiger partial charge on any atom is 0.417 e. The summed E-state index contributed by atoms with van der Waals surface area (Å²) >= 11 is 0. The number of aromatic nitrogens is 2. The van der Waals surface area contributed by atoms with Crippen LogP contribution in [-0.2, 0) is 0 Å². The molecule has 1 aromatic rings. The Labute approximate surface area is 190 Å². The van der Waals surface area contributed by atoms with Crippen molar-refractivity contribution in [2.75, 3.05) is 25.5 Å². The number of nitrogens with zero attached hydrogens (tertiary/aromatic N) is 6. The molecule has 2 fully saturated rings. The Hall–Kier alpha value is -2.60. The van der Waals surface area contributed by atoms with Gasteiger partial charge in [-0.2, -0.15) is 23.4 Å². The van der Waals surface area contributed by atoms with E-state index in [1.54, 1.807) is 13.1 Å². The number of nitrogens with one attached hydrogen (secondary N) is 3. The molecule has 0 bridgehead atoms. The minimum Gasteiger partial charge on any atom is -0.332 e. The van der Waals surface area contributed by atoms with Crippen LogP contribution in [0.1, 0.15) is 57.2 Å². The van der Waals surface area contributed by atoms with Gasteiger partial charge in [-0.15, -0.1) is 0 Å². The summed E-state index contributed by atoms with van der Waals surface area (Å²) in [7, 11) is 2.03. The molecule has 33 heavy (non-hydrogen) atoms. The Morgan fingerprint density at radius 1 is 1.24 bits per heavy atom. The highest BCUT2D eigenvalue weighted by atomic mass is 19.4. The van der Waals surface area contributed by atoms with E-state index in [1.165, 1.54) is 6.92 Å². The van der Waals surface area contributed by atoms with Gasteiger partial charge in [0.15, 0.2) is 0 Å². The lowest BCUT2D eigenvalue weighted by Crippen LogP contribution is -2.52. The van der Waals surface area contributed by atoms with Crippen LogP contribution in [0.15, 0.2) is 28.1 Å². The third-order valence-electron chi connectivity index (χ3n) is 6.75. The zero-order valence-electron chi connectivity index (χ0n) is 19.0. The minimum atomic E-state index is -4.49. The number of likely N-dealkylation sites (N-methyl/N-ethyl adjacent to an activating group) is 1. The fourth-order valence-corrected chi connectivity index (χ4v) is 4.88. The lowest BCUT2D eigenvalue weighted by atomic mass is 9.86. The number of hydrazine groups is 1. The first kappa shape index (κ1) is 22.2. The Kier molecular flexibility index (Phi) is 5.39. The maximum absolute atomic E-state index is 13.5. The molecule has 2 aliphatic heterocycles. The number of hydrazone groups is 1. The van der Waals surface area contributed by atoms with Crippen LogP contribution in [0.3, 0.4) is 0 Å². The second kappa shape index (κ2) is 8.01. The van der Waals surface area contributed by atoms with Crippen LogP contribution in [0.5, 0.6) is 0 Å². The molecule has 2 aliphatic carbocycles. The van der Waals surface area contributed by atoms with Crippen molar-refractivity contribution in [3.63, 3.8) is 0 Å². The van der Waals surface area contributed by atoms with E-state index < -0.39 is 17.4 Å². The van der Waals surface area contributed by atoms with Crippen molar-refractivity contribution >= 4 is 17.9 Å². The van der Waals surface area contributed by atoms with Crippen molar-refractivity contribution in [3.05, 3.63) is 23.7 Å². The standard InChI is InChI=1S/C21H30F3N9/c1-4-26-20(2)17(21(22,23)24)12-25-19(30-20)29-16-11-28-32(18(16)13-5-6-13)14-9-15(10-14)33-27-7-8-31(33)3/h7,11-15,26H,4-6,8-10H2,1-3H3,(H2,25,29,30). The van der Waals surface area contributed by atoms with Gasteiger partial charge in [0.25, 0.3) is 0 Å². The van der Waals surface area contributed by atoms with Crippen LogP contribution in [-0.4, -0.2) is 70.1 Å². The summed E-state index contributed by atoms with van der Waals surface area (Å²) in [6, 6.07) is 0.651. The summed E-state index contributed by atoms with van der Waals surface area (Å²) in [5.74, 6) is 0.680. The Morgan fingerprint density at radius 2 is 2.00 bits per heavy atom. The summed E-state index contributed by atoms with van der Waals surface area (Å²) in [6.07, 6.45) is 4.26. The predicted molar refractivity (Wildman–Crippen MR) is 120 cm³/mol. The Balaban J connectivity index is 1.33. The highest BCUT2D eigenvalue weighted by molar-refractivity contribution is 5.96. The molecular weight excluding hydrogens is 435 g/mol. The highest BCUT2D eigenvalue weighted by Crippen LogP contribution is 2.47. The number of anilines is 1. The molecule has 0 spiro atoms. The second-order valence-corrected chi connectivity index (χ2v) is 9.29. The Morgan fingerprint density at radius 3 is 2.61 bits per heavy atom. The van der Waals surface area contributed by atoms with E-state index in [2.05, 4.69) is 40.8 Å².